The van der Waals surface area contributed by atoms with Crippen LogP contribution in [0.2, 0.25) is 0 Å². The number of carbonyl (C=O) groups is 2. The molecule has 2 atom stereocenters. The van der Waals surface area contributed by atoms with Gasteiger partial charge >= 0.3 is 5.97 Å². The standard InChI is InChI=1S/C14H17BrFNO4/c1-8(21-10(3)19)6-14(17(20)9(2)18)12-7-11(15)4-5-13(12)16/h4-5,7-8,14,20H,6H2,1-3H3. The van der Waals surface area contributed by atoms with Gasteiger partial charge in [-0.3, -0.25) is 14.8 Å². The van der Waals surface area contributed by atoms with Crippen molar-refractivity contribution in [3.8, 4) is 0 Å². The van der Waals surface area contributed by atoms with Crippen LogP contribution in [-0.4, -0.2) is 28.3 Å². The Balaban J connectivity index is 3.10. The van der Waals surface area contributed by atoms with Crippen molar-refractivity contribution in [2.75, 3.05) is 0 Å². The molecule has 0 aliphatic rings. The smallest absolute Gasteiger partial charge is 0.302 e. The molecule has 0 saturated carbocycles. The van der Waals surface area contributed by atoms with Gasteiger partial charge in [-0.05, 0) is 25.1 Å². The Labute approximate surface area is 130 Å². The van der Waals surface area contributed by atoms with Crippen LogP contribution in [0.3, 0.4) is 0 Å². The summed E-state index contributed by atoms with van der Waals surface area (Å²) in [5, 5.41) is 10.3. The van der Waals surface area contributed by atoms with Crippen LogP contribution in [0.15, 0.2) is 22.7 Å². The third kappa shape index (κ3) is 5.09. The summed E-state index contributed by atoms with van der Waals surface area (Å²) in [6.45, 7) is 4.03. The second-order valence-corrected chi connectivity index (χ2v) is 5.62. The van der Waals surface area contributed by atoms with Gasteiger partial charge in [0.2, 0.25) is 5.91 Å². The molecule has 0 spiro atoms. The second-order valence-electron chi connectivity index (χ2n) is 4.70. The molecule has 5 nitrogen and oxygen atoms in total. The van der Waals surface area contributed by atoms with Crippen molar-refractivity contribution in [1.29, 1.82) is 0 Å². The van der Waals surface area contributed by atoms with Crippen LogP contribution >= 0.6 is 15.9 Å². The highest BCUT2D eigenvalue weighted by Gasteiger charge is 2.27. The summed E-state index contributed by atoms with van der Waals surface area (Å²) < 4.78 is 19.6. The van der Waals surface area contributed by atoms with Gasteiger partial charge in [0.25, 0.3) is 0 Å². The lowest BCUT2D eigenvalue weighted by Crippen LogP contribution is -2.33. The number of benzene rings is 1. The number of amides is 1. The number of ether oxygens (including phenoxy) is 1. The van der Waals surface area contributed by atoms with E-state index >= 15 is 0 Å². The SMILES string of the molecule is CC(=O)OC(C)CC(c1cc(Br)ccc1F)N(O)C(C)=O. The fourth-order valence-corrected chi connectivity index (χ4v) is 2.37. The summed E-state index contributed by atoms with van der Waals surface area (Å²) in [6, 6.07) is 3.28. The zero-order valence-electron chi connectivity index (χ0n) is 12.0. The lowest BCUT2D eigenvalue weighted by molar-refractivity contribution is -0.178. The minimum Gasteiger partial charge on any atom is -0.463 e. The van der Waals surface area contributed by atoms with Gasteiger partial charge in [-0.25, -0.2) is 9.45 Å². The summed E-state index contributed by atoms with van der Waals surface area (Å²) in [5.74, 6) is -1.67. The fraction of sp³-hybridized carbons (Fsp3) is 0.429. The molecular formula is C14H17BrFNO4. The highest BCUT2D eigenvalue weighted by atomic mass is 79.9. The summed E-state index contributed by atoms with van der Waals surface area (Å²) >= 11 is 3.22. The van der Waals surface area contributed by atoms with Crippen LogP contribution in [0.4, 0.5) is 4.39 Å². The Morgan fingerprint density at radius 3 is 2.57 bits per heavy atom. The van der Waals surface area contributed by atoms with Gasteiger partial charge in [0.1, 0.15) is 11.9 Å². The zero-order chi connectivity index (χ0) is 16.2. The monoisotopic (exact) mass is 361 g/mol. The molecule has 0 saturated heterocycles. The average Bonchev–Trinajstić information content (AvgIpc) is 2.37. The second kappa shape index (κ2) is 7.51. The van der Waals surface area contributed by atoms with Gasteiger partial charge in [0.05, 0.1) is 6.04 Å². The lowest BCUT2D eigenvalue weighted by Gasteiger charge is -2.28. The Morgan fingerprint density at radius 2 is 2.05 bits per heavy atom. The van der Waals surface area contributed by atoms with Crippen molar-refractivity contribution < 1.29 is 23.9 Å². The first-order valence-electron chi connectivity index (χ1n) is 6.33. The van der Waals surface area contributed by atoms with Crippen LogP contribution in [0.1, 0.15) is 38.8 Å². The zero-order valence-corrected chi connectivity index (χ0v) is 13.6. The number of rotatable bonds is 5. The molecule has 0 bridgehead atoms. The molecule has 1 amide bonds. The van der Waals surface area contributed by atoms with E-state index in [1.165, 1.54) is 32.0 Å². The molecule has 0 aliphatic carbocycles. The number of nitrogens with zero attached hydrogens (tertiary/aromatic N) is 1. The predicted octanol–water partition coefficient (Wildman–Crippen LogP) is 3.21. The summed E-state index contributed by atoms with van der Waals surface area (Å²) in [4.78, 5) is 22.3. The lowest BCUT2D eigenvalue weighted by atomic mass is 10.00. The van der Waals surface area contributed by atoms with Crippen molar-refractivity contribution in [1.82, 2.24) is 5.06 Å². The average molecular weight is 362 g/mol. The maximum absolute atomic E-state index is 14.0. The molecule has 116 valence electrons. The van der Waals surface area contributed by atoms with E-state index in [2.05, 4.69) is 15.9 Å². The molecule has 7 heteroatoms. The van der Waals surface area contributed by atoms with E-state index < -0.39 is 29.8 Å². The Morgan fingerprint density at radius 1 is 1.43 bits per heavy atom. The maximum Gasteiger partial charge on any atom is 0.302 e. The van der Waals surface area contributed by atoms with E-state index in [0.717, 1.165) is 0 Å². The van der Waals surface area contributed by atoms with Crippen LogP contribution in [0.5, 0.6) is 0 Å². The summed E-state index contributed by atoms with van der Waals surface area (Å²) in [7, 11) is 0. The van der Waals surface area contributed by atoms with Crippen molar-refractivity contribution in [2.24, 2.45) is 0 Å². The first-order chi connectivity index (χ1) is 9.72. The first kappa shape index (κ1) is 17.6. The largest absolute Gasteiger partial charge is 0.463 e. The van der Waals surface area contributed by atoms with Crippen molar-refractivity contribution in [2.45, 2.75) is 39.3 Å². The third-order valence-electron chi connectivity index (χ3n) is 2.86. The molecular weight excluding hydrogens is 345 g/mol. The Kier molecular flexibility index (Phi) is 6.29. The van der Waals surface area contributed by atoms with Gasteiger partial charge in [-0.1, -0.05) is 15.9 Å². The molecule has 1 rings (SSSR count). The predicted molar refractivity (Wildman–Crippen MR) is 77.0 cm³/mol. The molecule has 0 heterocycles. The summed E-state index contributed by atoms with van der Waals surface area (Å²) in [5.41, 5.74) is 0.140. The van der Waals surface area contributed by atoms with Crippen molar-refractivity contribution >= 4 is 27.8 Å². The van der Waals surface area contributed by atoms with Crippen LogP contribution in [-0.2, 0) is 14.3 Å². The maximum atomic E-state index is 14.0. The number of esters is 1. The van der Waals surface area contributed by atoms with Crippen molar-refractivity contribution in [3.63, 3.8) is 0 Å². The highest BCUT2D eigenvalue weighted by molar-refractivity contribution is 9.10. The van der Waals surface area contributed by atoms with E-state index in [1.54, 1.807) is 6.92 Å². The number of hydroxylamine groups is 2. The third-order valence-corrected chi connectivity index (χ3v) is 3.35. The van der Waals surface area contributed by atoms with E-state index in [9.17, 15) is 19.2 Å². The number of carbonyl (C=O) groups excluding carboxylic acids is 2. The molecule has 2 unspecified atom stereocenters. The van der Waals surface area contributed by atoms with E-state index in [4.69, 9.17) is 4.74 Å². The Bertz CT molecular complexity index is 538. The fourth-order valence-electron chi connectivity index (χ4n) is 1.99. The molecule has 21 heavy (non-hydrogen) atoms. The minimum absolute atomic E-state index is 0.0725. The van der Waals surface area contributed by atoms with E-state index in [-0.39, 0.29) is 12.0 Å². The topological polar surface area (TPSA) is 66.8 Å². The molecule has 1 aromatic rings. The number of halogens is 2. The van der Waals surface area contributed by atoms with Gasteiger partial charge in [0.15, 0.2) is 0 Å². The number of hydrogen-bond donors (Lipinski definition) is 1. The van der Waals surface area contributed by atoms with Crippen LogP contribution in [0.25, 0.3) is 0 Å². The quantitative estimate of drug-likeness (QED) is 0.496. The number of hydrogen-bond acceptors (Lipinski definition) is 4. The molecule has 1 aromatic carbocycles. The molecule has 0 aliphatic heterocycles. The Hall–Kier alpha value is -1.47. The molecule has 0 fully saturated rings. The van der Waals surface area contributed by atoms with E-state index in [1.807, 2.05) is 0 Å². The minimum atomic E-state index is -0.950. The molecule has 0 aromatic heterocycles. The summed E-state index contributed by atoms with van der Waals surface area (Å²) in [6.07, 6.45) is -0.511. The first-order valence-corrected chi connectivity index (χ1v) is 7.12. The van der Waals surface area contributed by atoms with Crippen molar-refractivity contribution in [3.05, 3.63) is 34.1 Å². The van der Waals surface area contributed by atoms with Gasteiger partial charge in [0, 0.05) is 30.3 Å². The van der Waals surface area contributed by atoms with Gasteiger partial charge in [-0.15, -0.1) is 0 Å². The van der Waals surface area contributed by atoms with Crippen LogP contribution in [0, 0.1) is 5.82 Å². The van der Waals surface area contributed by atoms with E-state index in [0.29, 0.717) is 9.54 Å². The molecule has 0 radical (unpaired) electrons. The van der Waals surface area contributed by atoms with Gasteiger partial charge in [-0.2, -0.15) is 0 Å². The normalized spacial score (nSPS) is 13.4. The van der Waals surface area contributed by atoms with Gasteiger partial charge < -0.3 is 4.74 Å². The molecule has 1 N–H and O–H groups in total. The highest BCUT2D eigenvalue weighted by Crippen LogP contribution is 2.30. The van der Waals surface area contributed by atoms with Crippen LogP contribution < -0.4 is 0 Å².